The highest BCUT2D eigenvalue weighted by Gasteiger charge is 2.45. The molecule has 144 valence electrons. The normalized spacial score (nSPS) is 20.8. The van der Waals surface area contributed by atoms with Crippen molar-refractivity contribution < 1.29 is 19.1 Å². The fraction of sp³-hybridized carbons (Fsp3) is 0.273. The Bertz CT molecular complexity index is 923. The van der Waals surface area contributed by atoms with Crippen LogP contribution in [0.2, 0.25) is 0 Å². The van der Waals surface area contributed by atoms with E-state index < -0.39 is 6.04 Å². The van der Waals surface area contributed by atoms with Gasteiger partial charge < -0.3 is 19.7 Å². The lowest BCUT2D eigenvalue weighted by Crippen LogP contribution is -2.46. The van der Waals surface area contributed by atoms with Gasteiger partial charge in [0.05, 0.1) is 31.1 Å². The number of carbonyl (C=O) groups excluding carboxylic acids is 2. The van der Waals surface area contributed by atoms with Gasteiger partial charge in [0, 0.05) is 6.54 Å². The number of amides is 2. The van der Waals surface area contributed by atoms with Crippen molar-refractivity contribution in [3.8, 4) is 16.9 Å². The van der Waals surface area contributed by atoms with E-state index in [9.17, 15) is 9.59 Å². The topological polar surface area (TPSA) is 67.9 Å². The monoisotopic (exact) mass is 378 g/mol. The molecule has 28 heavy (non-hydrogen) atoms. The lowest BCUT2D eigenvalue weighted by atomic mass is 10.0. The molecule has 0 radical (unpaired) electrons. The van der Waals surface area contributed by atoms with Gasteiger partial charge in [-0.15, -0.1) is 6.58 Å². The van der Waals surface area contributed by atoms with Gasteiger partial charge in [-0.2, -0.15) is 0 Å². The molecule has 2 amide bonds. The van der Waals surface area contributed by atoms with Gasteiger partial charge in [0.25, 0.3) is 5.91 Å². The smallest absolute Gasteiger partial charge is 0.256 e. The standard InChI is InChI=1S/C22H22N2O4/c1-3-12-28-19-10-11-24-20(19)21(25)23-18-9-6-15(13-17(18)22(24)26)14-4-7-16(27-2)8-5-14/h3-9,13,19-20H,1,10-12H2,2H3,(H,23,25). The summed E-state index contributed by atoms with van der Waals surface area (Å²) in [6, 6.07) is 12.5. The summed E-state index contributed by atoms with van der Waals surface area (Å²) in [5.74, 6) is 0.404. The van der Waals surface area contributed by atoms with Gasteiger partial charge in [-0.25, -0.2) is 0 Å². The zero-order chi connectivity index (χ0) is 19.7. The van der Waals surface area contributed by atoms with Crippen molar-refractivity contribution in [3.05, 3.63) is 60.7 Å². The van der Waals surface area contributed by atoms with E-state index in [0.717, 1.165) is 16.9 Å². The van der Waals surface area contributed by atoms with Gasteiger partial charge in [0.1, 0.15) is 11.8 Å². The number of fused-ring (bicyclic) bond motifs is 2. The first-order valence-corrected chi connectivity index (χ1v) is 9.25. The molecule has 6 heteroatoms. The van der Waals surface area contributed by atoms with E-state index in [-0.39, 0.29) is 17.9 Å². The number of nitrogens with zero attached hydrogens (tertiary/aromatic N) is 1. The fourth-order valence-corrected chi connectivity index (χ4v) is 3.82. The number of hydrogen-bond donors (Lipinski definition) is 1. The quantitative estimate of drug-likeness (QED) is 0.812. The highest BCUT2D eigenvalue weighted by atomic mass is 16.5. The maximum absolute atomic E-state index is 13.2. The number of methoxy groups -OCH3 is 1. The van der Waals surface area contributed by atoms with Crippen molar-refractivity contribution in [2.75, 3.05) is 25.6 Å². The van der Waals surface area contributed by atoms with E-state index in [1.54, 1.807) is 24.2 Å². The molecule has 2 atom stereocenters. The van der Waals surface area contributed by atoms with Gasteiger partial charge in [0.2, 0.25) is 5.91 Å². The zero-order valence-corrected chi connectivity index (χ0v) is 15.7. The molecular formula is C22H22N2O4. The van der Waals surface area contributed by atoms with Gasteiger partial charge in [-0.05, 0) is 41.8 Å². The Hall–Kier alpha value is -3.12. The zero-order valence-electron chi connectivity index (χ0n) is 15.7. The van der Waals surface area contributed by atoms with E-state index in [1.165, 1.54) is 0 Å². The van der Waals surface area contributed by atoms with Gasteiger partial charge in [0.15, 0.2) is 0 Å². The molecule has 0 saturated carbocycles. The Morgan fingerprint density at radius 3 is 2.64 bits per heavy atom. The minimum Gasteiger partial charge on any atom is -0.497 e. The fourth-order valence-electron chi connectivity index (χ4n) is 3.82. The predicted molar refractivity (Wildman–Crippen MR) is 106 cm³/mol. The summed E-state index contributed by atoms with van der Waals surface area (Å²) in [6.07, 6.45) is 1.96. The average molecular weight is 378 g/mol. The van der Waals surface area contributed by atoms with E-state index >= 15 is 0 Å². The lowest BCUT2D eigenvalue weighted by Gasteiger charge is -2.24. The highest BCUT2D eigenvalue weighted by molar-refractivity contribution is 6.11. The van der Waals surface area contributed by atoms with Crippen LogP contribution in [0, 0.1) is 0 Å². The van der Waals surface area contributed by atoms with E-state index in [2.05, 4.69) is 11.9 Å². The summed E-state index contributed by atoms with van der Waals surface area (Å²) in [6.45, 7) is 4.49. The summed E-state index contributed by atoms with van der Waals surface area (Å²) in [7, 11) is 1.62. The molecule has 2 aliphatic rings. The summed E-state index contributed by atoms with van der Waals surface area (Å²) in [4.78, 5) is 27.6. The van der Waals surface area contributed by atoms with Crippen LogP contribution in [0.3, 0.4) is 0 Å². The predicted octanol–water partition coefficient (Wildman–Crippen LogP) is 3.10. The molecule has 6 nitrogen and oxygen atoms in total. The van der Waals surface area contributed by atoms with Gasteiger partial charge in [-0.1, -0.05) is 24.3 Å². The van der Waals surface area contributed by atoms with E-state index in [0.29, 0.717) is 30.8 Å². The van der Waals surface area contributed by atoms with Crippen molar-refractivity contribution in [2.24, 2.45) is 0 Å². The first-order chi connectivity index (χ1) is 13.6. The van der Waals surface area contributed by atoms with Crippen molar-refractivity contribution in [2.45, 2.75) is 18.6 Å². The first kappa shape index (κ1) is 18.3. The van der Waals surface area contributed by atoms with Crippen LogP contribution in [0.15, 0.2) is 55.1 Å². The Labute approximate surface area is 163 Å². The Balaban J connectivity index is 1.67. The van der Waals surface area contributed by atoms with E-state index in [1.807, 2.05) is 36.4 Å². The van der Waals surface area contributed by atoms with Crippen molar-refractivity contribution in [1.82, 2.24) is 4.90 Å². The third-order valence-electron chi connectivity index (χ3n) is 5.23. The first-order valence-electron chi connectivity index (χ1n) is 9.25. The highest BCUT2D eigenvalue weighted by Crippen LogP contribution is 2.33. The minimum absolute atomic E-state index is 0.154. The number of carbonyl (C=O) groups is 2. The third kappa shape index (κ3) is 3.16. The molecule has 2 heterocycles. The molecule has 2 aromatic carbocycles. The van der Waals surface area contributed by atoms with Crippen LogP contribution in [0.5, 0.6) is 5.75 Å². The van der Waals surface area contributed by atoms with Gasteiger partial charge >= 0.3 is 0 Å². The molecule has 2 unspecified atom stereocenters. The van der Waals surface area contributed by atoms with Gasteiger partial charge in [-0.3, -0.25) is 9.59 Å². The molecule has 0 aromatic heterocycles. The second-order valence-electron chi connectivity index (χ2n) is 6.87. The number of nitrogens with one attached hydrogen (secondary N) is 1. The third-order valence-corrected chi connectivity index (χ3v) is 5.23. The molecule has 0 spiro atoms. The molecule has 2 aromatic rings. The maximum atomic E-state index is 13.2. The molecule has 0 aliphatic carbocycles. The number of rotatable bonds is 5. The molecular weight excluding hydrogens is 356 g/mol. The maximum Gasteiger partial charge on any atom is 0.256 e. The van der Waals surface area contributed by atoms with Crippen LogP contribution >= 0.6 is 0 Å². The van der Waals surface area contributed by atoms with Crippen LogP contribution in [-0.4, -0.2) is 49.1 Å². The summed E-state index contributed by atoms with van der Waals surface area (Å²) in [5.41, 5.74) is 2.90. The number of ether oxygens (including phenoxy) is 2. The summed E-state index contributed by atoms with van der Waals surface area (Å²) in [5, 5.41) is 2.90. The van der Waals surface area contributed by atoms with Crippen LogP contribution in [0.4, 0.5) is 5.69 Å². The number of anilines is 1. The Kier molecular flexibility index (Phi) is 4.88. The molecule has 2 aliphatic heterocycles. The number of benzene rings is 2. The Morgan fingerprint density at radius 1 is 1.18 bits per heavy atom. The van der Waals surface area contributed by atoms with E-state index in [4.69, 9.17) is 9.47 Å². The molecule has 1 fully saturated rings. The molecule has 0 bridgehead atoms. The second kappa shape index (κ2) is 7.48. The SMILES string of the molecule is C=CCOC1CCN2C(=O)c3cc(-c4ccc(OC)cc4)ccc3NC(=O)C12. The Morgan fingerprint density at radius 2 is 1.93 bits per heavy atom. The minimum atomic E-state index is -0.621. The molecule has 4 rings (SSSR count). The van der Waals surface area contributed by atoms with Crippen LogP contribution < -0.4 is 10.1 Å². The van der Waals surface area contributed by atoms with Crippen LogP contribution in [0.25, 0.3) is 11.1 Å². The number of hydrogen-bond acceptors (Lipinski definition) is 4. The molecule has 1 N–H and O–H groups in total. The second-order valence-corrected chi connectivity index (χ2v) is 6.87. The van der Waals surface area contributed by atoms with Crippen molar-refractivity contribution >= 4 is 17.5 Å². The van der Waals surface area contributed by atoms with Crippen LogP contribution in [0.1, 0.15) is 16.8 Å². The van der Waals surface area contributed by atoms with Crippen molar-refractivity contribution in [3.63, 3.8) is 0 Å². The molecule has 1 saturated heterocycles. The largest absolute Gasteiger partial charge is 0.497 e. The summed E-state index contributed by atoms with van der Waals surface area (Å²) >= 11 is 0. The van der Waals surface area contributed by atoms with Crippen molar-refractivity contribution in [1.29, 1.82) is 0 Å². The lowest BCUT2D eigenvalue weighted by molar-refractivity contribution is -0.122. The average Bonchev–Trinajstić information content (AvgIpc) is 3.12. The van der Waals surface area contributed by atoms with Crippen LogP contribution in [-0.2, 0) is 9.53 Å². The summed E-state index contributed by atoms with van der Waals surface area (Å²) < 4.78 is 10.9.